The lowest BCUT2D eigenvalue weighted by Crippen LogP contribution is -2.47. The highest BCUT2D eigenvalue weighted by Crippen LogP contribution is 2.40. The number of rotatable bonds is 3. The Balaban J connectivity index is 1.34. The average molecular weight is 405 g/mol. The third kappa shape index (κ3) is 2.93. The third-order valence-corrected chi connectivity index (χ3v) is 6.25. The molecule has 1 spiro atoms. The maximum atomic E-state index is 13.3. The Morgan fingerprint density at radius 3 is 2.87 bits per heavy atom. The summed E-state index contributed by atoms with van der Waals surface area (Å²) in [6.45, 7) is 0.207. The number of benzene rings is 2. The molecule has 0 aromatic heterocycles. The molecule has 2 aromatic carbocycles. The lowest BCUT2D eigenvalue weighted by Gasteiger charge is -2.33. The number of nitrogens with one attached hydrogen (secondary N) is 2. The van der Waals surface area contributed by atoms with Crippen LogP contribution in [0.4, 0.5) is 4.79 Å². The Morgan fingerprint density at radius 1 is 1.17 bits per heavy atom. The molecule has 2 heterocycles. The van der Waals surface area contributed by atoms with E-state index in [2.05, 4.69) is 10.6 Å². The van der Waals surface area contributed by atoms with Crippen molar-refractivity contribution in [3.8, 4) is 5.75 Å². The molecule has 7 nitrogen and oxygen atoms in total. The molecule has 2 atom stereocenters. The van der Waals surface area contributed by atoms with Crippen LogP contribution in [0.15, 0.2) is 48.5 Å². The van der Waals surface area contributed by atoms with Crippen LogP contribution in [-0.4, -0.2) is 35.9 Å². The zero-order valence-corrected chi connectivity index (χ0v) is 16.5. The van der Waals surface area contributed by atoms with Crippen molar-refractivity contribution in [2.24, 2.45) is 0 Å². The normalized spacial score (nSPS) is 24.7. The van der Waals surface area contributed by atoms with Crippen molar-refractivity contribution < 1.29 is 19.1 Å². The van der Waals surface area contributed by atoms with Crippen molar-refractivity contribution >= 4 is 17.8 Å². The fourth-order valence-corrected chi connectivity index (χ4v) is 4.83. The number of urea groups is 1. The second-order valence-electron chi connectivity index (χ2n) is 8.03. The Kier molecular flexibility index (Phi) is 4.46. The van der Waals surface area contributed by atoms with Crippen molar-refractivity contribution in [1.29, 1.82) is 0 Å². The molecule has 1 saturated heterocycles. The first kappa shape index (κ1) is 18.7. The van der Waals surface area contributed by atoms with Gasteiger partial charge in [0.2, 0.25) is 5.91 Å². The first-order chi connectivity index (χ1) is 14.6. The standard InChI is InChI=1S/C23H23N3O4/c27-20(24-18-11-13-30-19-10-4-2-8-16(18)19)14-26-21(28)23(25-22(26)29)12-5-7-15-6-1-3-9-17(15)23/h1-4,6,8-10,18H,5,7,11-14H2,(H,24,27)(H,25,29)/t18-,23-/m1/s1. The van der Waals surface area contributed by atoms with Gasteiger partial charge in [0.1, 0.15) is 17.8 Å². The molecule has 0 bridgehead atoms. The summed E-state index contributed by atoms with van der Waals surface area (Å²) in [4.78, 5) is 39.8. The van der Waals surface area contributed by atoms with Gasteiger partial charge in [0.05, 0.1) is 12.6 Å². The second-order valence-corrected chi connectivity index (χ2v) is 8.03. The van der Waals surface area contributed by atoms with Crippen LogP contribution >= 0.6 is 0 Å². The number of hydrogen-bond acceptors (Lipinski definition) is 4. The minimum Gasteiger partial charge on any atom is -0.493 e. The van der Waals surface area contributed by atoms with E-state index < -0.39 is 11.6 Å². The number of nitrogens with zero attached hydrogens (tertiary/aromatic N) is 1. The number of carbonyl (C=O) groups excluding carboxylic acids is 3. The predicted octanol–water partition coefficient (Wildman–Crippen LogP) is 2.41. The smallest absolute Gasteiger partial charge is 0.325 e. The summed E-state index contributed by atoms with van der Waals surface area (Å²) in [5.74, 6) is 0.0466. The van der Waals surface area contributed by atoms with Gasteiger partial charge in [-0.1, -0.05) is 42.5 Å². The van der Waals surface area contributed by atoms with Crippen molar-refractivity contribution in [2.45, 2.75) is 37.3 Å². The van der Waals surface area contributed by atoms with Crippen LogP contribution in [0.1, 0.15) is 42.0 Å². The Bertz CT molecular complexity index is 1040. The zero-order valence-electron chi connectivity index (χ0n) is 16.5. The van der Waals surface area contributed by atoms with Crippen LogP contribution in [0.3, 0.4) is 0 Å². The van der Waals surface area contributed by atoms with Gasteiger partial charge in [0, 0.05) is 12.0 Å². The first-order valence-corrected chi connectivity index (χ1v) is 10.3. The Morgan fingerprint density at radius 2 is 1.97 bits per heavy atom. The summed E-state index contributed by atoms with van der Waals surface area (Å²) in [6, 6.07) is 14.6. The van der Waals surface area contributed by atoms with E-state index in [1.54, 1.807) is 0 Å². The molecule has 3 aliphatic rings. The fourth-order valence-electron chi connectivity index (χ4n) is 4.83. The number of para-hydroxylation sites is 1. The number of aryl methyl sites for hydroxylation is 1. The molecular weight excluding hydrogens is 382 g/mol. The molecule has 7 heteroatoms. The summed E-state index contributed by atoms with van der Waals surface area (Å²) in [5.41, 5.74) is 1.77. The lowest BCUT2D eigenvalue weighted by atomic mass is 9.76. The summed E-state index contributed by atoms with van der Waals surface area (Å²) in [5, 5.41) is 5.85. The molecule has 2 N–H and O–H groups in total. The number of fused-ring (bicyclic) bond motifs is 3. The molecule has 0 unspecified atom stereocenters. The van der Waals surface area contributed by atoms with E-state index in [4.69, 9.17) is 4.74 Å². The van der Waals surface area contributed by atoms with Crippen LogP contribution in [0.5, 0.6) is 5.75 Å². The van der Waals surface area contributed by atoms with E-state index in [1.807, 2.05) is 48.5 Å². The number of imide groups is 1. The molecule has 154 valence electrons. The topological polar surface area (TPSA) is 87.7 Å². The summed E-state index contributed by atoms with van der Waals surface area (Å²) in [7, 11) is 0. The van der Waals surface area contributed by atoms with Crippen LogP contribution in [0.2, 0.25) is 0 Å². The van der Waals surface area contributed by atoms with Crippen molar-refractivity contribution in [3.05, 3.63) is 65.2 Å². The van der Waals surface area contributed by atoms with Gasteiger partial charge in [-0.25, -0.2) is 4.79 Å². The Labute approximate surface area is 174 Å². The van der Waals surface area contributed by atoms with Crippen molar-refractivity contribution in [2.75, 3.05) is 13.2 Å². The molecular formula is C23H23N3O4. The molecule has 2 aliphatic heterocycles. The van der Waals surface area contributed by atoms with Gasteiger partial charge in [0.15, 0.2) is 0 Å². The van der Waals surface area contributed by atoms with Crippen LogP contribution in [0.25, 0.3) is 0 Å². The minimum absolute atomic E-state index is 0.201. The predicted molar refractivity (Wildman–Crippen MR) is 109 cm³/mol. The van der Waals surface area contributed by atoms with E-state index in [9.17, 15) is 14.4 Å². The summed E-state index contributed by atoms with van der Waals surface area (Å²) < 4.78 is 5.63. The maximum Gasteiger partial charge on any atom is 0.325 e. The maximum absolute atomic E-state index is 13.3. The summed E-state index contributed by atoms with van der Waals surface area (Å²) >= 11 is 0. The summed E-state index contributed by atoms with van der Waals surface area (Å²) in [6.07, 6.45) is 2.87. The van der Waals surface area contributed by atoms with E-state index in [-0.39, 0.29) is 24.4 Å². The molecule has 0 saturated carbocycles. The SMILES string of the molecule is O=C(CN1C(=O)N[C@@]2(CCCc3ccccc32)C1=O)N[C@@H]1CCOc2ccccc21. The molecule has 0 radical (unpaired) electrons. The number of ether oxygens (including phenoxy) is 1. The molecule has 1 fully saturated rings. The van der Waals surface area contributed by atoms with E-state index in [1.165, 1.54) is 0 Å². The van der Waals surface area contributed by atoms with Gasteiger partial charge in [-0.05, 0) is 36.5 Å². The number of hydrogen-bond donors (Lipinski definition) is 2. The van der Waals surface area contributed by atoms with Gasteiger partial charge in [0.25, 0.3) is 5.91 Å². The third-order valence-electron chi connectivity index (χ3n) is 6.25. The number of carbonyl (C=O) groups is 3. The van der Waals surface area contributed by atoms with Gasteiger partial charge < -0.3 is 15.4 Å². The highest BCUT2D eigenvalue weighted by atomic mass is 16.5. The average Bonchev–Trinajstić information content (AvgIpc) is 2.99. The molecule has 2 aromatic rings. The van der Waals surface area contributed by atoms with E-state index in [0.717, 1.165) is 40.2 Å². The largest absolute Gasteiger partial charge is 0.493 e. The van der Waals surface area contributed by atoms with Gasteiger partial charge in [-0.2, -0.15) is 0 Å². The fraction of sp³-hybridized carbons (Fsp3) is 0.348. The van der Waals surface area contributed by atoms with E-state index in [0.29, 0.717) is 19.4 Å². The monoisotopic (exact) mass is 405 g/mol. The molecule has 1 aliphatic carbocycles. The second kappa shape index (κ2) is 7.16. The minimum atomic E-state index is -1.06. The number of amides is 4. The molecule has 30 heavy (non-hydrogen) atoms. The highest BCUT2D eigenvalue weighted by Gasteiger charge is 2.54. The highest BCUT2D eigenvalue weighted by molar-refractivity contribution is 6.09. The van der Waals surface area contributed by atoms with Gasteiger partial charge in [-0.3, -0.25) is 14.5 Å². The van der Waals surface area contributed by atoms with Crippen LogP contribution in [0, 0.1) is 0 Å². The van der Waals surface area contributed by atoms with E-state index >= 15 is 0 Å². The molecule has 5 rings (SSSR count). The first-order valence-electron chi connectivity index (χ1n) is 10.3. The van der Waals surface area contributed by atoms with Crippen molar-refractivity contribution in [1.82, 2.24) is 15.5 Å². The Hall–Kier alpha value is -3.35. The van der Waals surface area contributed by atoms with Crippen LogP contribution < -0.4 is 15.4 Å². The zero-order chi connectivity index (χ0) is 20.7. The van der Waals surface area contributed by atoms with Crippen LogP contribution in [-0.2, 0) is 21.5 Å². The quantitative estimate of drug-likeness (QED) is 0.768. The lowest BCUT2D eigenvalue weighted by molar-refractivity contribution is -0.136. The van der Waals surface area contributed by atoms with Gasteiger partial charge in [-0.15, -0.1) is 0 Å². The van der Waals surface area contributed by atoms with Gasteiger partial charge >= 0.3 is 6.03 Å². The molecule has 4 amide bonds. The van der Waals surface area contributed by atoms with Crippen molar-refractivity contribution in [3.63, 3.8) is 0 Å².